The van der Waals surface area contributed by atoms with Crippen molar-refractivity contribution >= 4 is 34.4 Å². The Morgan fingerprint density at radius 3 is 2.12 bits per heavy atom. The molecule has 9 nitrogen and oxygen atoms in total. The van der Waals surface area contributed by atoms with Gasteiger partial charge in [-0.25, -0.2) is 18.7 Å². The smallest absolute Gasteiger partial charge is 0.415 e. The van der Waals surface area contributed by atoms with Crippen LogP contribution in [0.3, 0.4) is 0 Å². The van der Waals surface area contributed by atoms with E-state index in [1.807, 2.05) is 0 Å². The molecule has 4 aromatic rings. The van der Waals surface area contributed by atoms with E-state index in [1.165, 1.54) is 36.4 Å². The minimum atomic E-state index is -1.30. The van der Waals surface area contributed by atoms with Gasteiger partial charge >= 0.3 is 6.09 Å². The minimum absolute atomic E-state index is 0.0416. The average Bonchev–Trinajstić information content (AvgIpc) is 3.14. The lowest BCUT2D eigenvalue weighted by Crippen LogP contribution is -2.50. The number of aromatic nitrogens is 2. The molecule has 0 aliphatic carbocycles. The third-order valence-electron chi connectivity index (χ3n) is 6.88. The predicted octanol–water partition coefficient (Wildman–Crippen LogP) is 5.04. The van der Waals surface area contributed by atoms with Gasteiger partial charge < -0.3 is 4.74 Å². The SMILES string of the molecule is CC(C)(C)OC(=O)N1c2cc(F)cc3c(=O)[nH]nc(c23)C(N2C(=O)c3ccccc3C2=O)C1c1ccc(F)cc1. The van der Waals surface area contributed by atoms with Crippen LogP contribution in [0.4, 0.5) is 19.3 Å². The fraction of sp³-hybridized carbons (Fsp3) is 0.207. The number of hydrogen-bond donors (Lipinski definition) is 1. The van der Waals surface area contributed by atoms with Crippen LogP contribution in [0.25, 0.3) is 10.8 Å². The van der Waals surface area contributed by atoms with E-state index >= 15 is 0 Å². The van der Waals surface area contributed by atoms with Gasteiger partial charge in [-0.2, -0.15) is 5.10 Å². The molecule has 1 aromatic heterocycles. The summed E-state index contributed by atoms with van der Waals surface area (Å²) in [6, 6.07) is 10.9. The van der Waals surface area contributed by atoms with Crippen LogP contribution in [0.15, 0.2) is 65.5 Å². The van der Waals surface area contributed by atoms with E-state index in [1.54, 1.807) is 32.9 Å². The number of anilines is 1. The van der Waals surface area contributed by atoms with Crippen LogP contribution in [0, 0.1) is 11.6 Å². The van der Waals surface area contributed by atoms with E-state index in [0.717, 1.165) is 21.9 Å². The lowest BCUT2D eigenvalue weighted by atomic mass is 9.86. The molecule has 2 aliphatic rings. The number of carbonyl (C=O) groups is 3. The molecule has 0 spiro atoms. The molecule has 3 aromatic carbocycles. The fourth-order valence-electron chi connectivity index (χ4n) is 5.35. The Hall–Kier alpha value is -4.93. The van der Waals surface area contributed by atoms with Crippen LogP contribution < -0.4 is 10.5 Å². The van der Waals surface area contributed by atoms with Gasteiger partial charge in [0, 0.05) is 5.39 Å². The molecule has 202 valence electrons. The highest BCUT2D eigenvalue weighted by Crippen LogP contribution is 2.51. The van der Waals surface area contributed by atoms with Gasteiger partial charge in [0.15, 0.2) is 0 Å². The highest BCUT2D eigenvalue weighted by Gasteiger charge is 2.51. The molecule has 2 atom stereocenters. The molecule has 2 unspecified atom stereocenters. The number of aromatic amines is 1. The normalized spacial score (nSPS) is 18.3. The number of fused-ring (bicyclic) bond motifs is 1. The number of hydrogen-bond acceptors (Lipinski definition) is 6. The van der Waals surface area contributed by atoms with Crippen molar-refractivity contribution in [2.24, 2.45) is 0 Å². The van der Waals surface area contributed by atoms with Gasteiger partial charge in [0.1, 0.15) is 23.3 Å². The zero-order chi connectivity index (χ0) is 28.5. The number of amides is 3. The molecule has 0 saturated heterocycles. The van der Waals surface area contributed by atoms with Gasteiger partial charge in [0.25, 0.3) is 17.4 Å². The molecular formula is C29H22F2N4O5. The molecule has 0 radical (unpaired) electrons. The van der Waals surface area contributed by atoms with E-state index in [4.69, 9.17) is 4.74 Å². The van der Waals surface area contributed by atoms with Crippen LogP contribution in [-0.2, 0) is 4.74 Å². The number of nitrogens with one attached hydrogen (secondary N) is 1. The maximum atomic E-state index is 15.0. The van der Waals surface area contributed by atoms with Crippen molar-refractivity contribution in [1.29, 1.82) is 0 Å². The van der Waals surface area contributed by atoms with Crippen LogP contribution in [0.5, 0.6) is 0 Å². The largest absolute Gasteiger partial charge is 0.443 e. The van der Waals surface area contributed by atoms with Gasteiger partial charge in [-0.15, -0.1) is 0 Å². The van der Waals surface area contributed by atoms with Crippen LogP contribution in [0.2, 0.25) is 0 Å². The summed E-state index contributed by atoms with van der Waals surface area (Å²) >= 11 is 0. The lowest BCUT2D eigenvalue weighted by Gasteiger charge is -2.44. The highest BCUT2D eigenvalue weighted by atomic mass is 19.1. The number of ether oxygens (including phenoxy) is 1. The molecule has 1 N–H and O–H groups in total. The van der Waals surface area contributed by atoms with E-state index < -0.39 is 52.8 Å². The lowest BCUT2D eigenvalue weighted by molar-refractivity contribution is 0.0460. The minimum Gasteiger partial charge on any atom is -0.443 e. The van der Waals surface area contributed by atoms with Gasteiger partial charge in [-0.1, -0.05) is 24.3 Å². The quantitative estimate of drug-likeness (QED) is 0.354. The molecule has 11 heteroatoms. The highest BCUT2D eigenvalue weighted by molar-refractivity contribution is 6.22. The Bertz CT molecular complexity index is 1760. The van der Waals surface area contributed by atoms with Crippen molar-refractivity contribution < 1.29 is 27.9 Å². The van der Waals surface area contributed by atoms with Crippen molar-refractivity contribution in [2.75, 3.05) is 4.90 Å². The zero-order valence-corrected chi connectivity index (χ0v) is 21.6. The van der Waals surface area contributed by atoms with Crippen LogP contribution in [-0.4, -0.2) is 38.6 Å². The molecular weight excluding hydrogens is 522 g/mol. The molecule has 2 aliphatic heterocycles. The first-order chi connectivity index (χ1) is 19.0. The molecule has 3 amide bonds. The Labute approximate surface area is 226 Å². The predicted molar refractivity (Wildman–Crippen MR) is 140 cm³/mol. The molecule has 40 heavy (non-hydrogen) atoms. The van der Waals surface area contributed by atoms with E-state index in [-0.39, 0.29) is 33.3 Å². The number of halogens is 2. The summed E-state index contributed by atoms with van der Waals surface area (Å²) in [4.78, 5) is 56.2. The number of H-pyrrole nitrogens is 1. The second kappa shape index (κ2) is 8.80. The van der Waals surface area contributed by atoms with Gasteiger partial charge in [0.2, 0.25) is 0 Å². The van der Waals surface area contributed by atoms with E-state index in [0.29, 0.717) is 5.56 Å². The van der Waals surface area contributed by atoms with Crippen molar-refractivity contribution in [3.8, 4) is 0 Å². The zero-order valence-electron chi connectivity index (χ0n) is 21.6. The summed E-state index contributed by atoms with van der Waals surface area (Å²) in [5.41, 5.74) is -1.09. The first kappa shape index (κ1) is 25.4. The number of nitrogens with zero attached hydrogens (tertiary/aromatic N) is 3. The first-order valence-electron chi connectivity index (χ1n) is 12.4. The number of carbonyl (C=O) groups excluding carboxylic acids is 3. The summed E-state index contributed by atoms with van der Waals surface area (Å²) < 4.78 is 34.7. The number of rotatable bonds is 2. The topological polar surface area (TPSA) is 113 Å². The maximum absolute atomic E-state index is 15.0. The van der Waals surface area contributed by atoms with Crippen LogP contribution >= 0.6 is 0 Å². The first-order valence-corrected chi connectivity index (χ1v) is 12.4. The third-order valence-corrected chi connectivity index (χ3v) is 6.88. The fourth-order valence-corrected chi connectivity index (χ4v) is 5.35. The molecule has 0 fully saturated rings. The summed E-state index contributed by atoms with van der Waals surface area (Å²) in [5.74, 6) is -2.66. The Morgan fingerprint density at radius 2 is 1.52 bits per heavy atom. The Morgan fingerprint density at radius 1 is 0.900 bits per heavy atom. The van der Waals surface area contributed by atoms with Crippen molar-refractivity contribution in [1.82, 2.24) is 15.1 Å². The van der Waals surface area contributed by atoms with Crippen LogP contribution in [0.1, 0.15) is 64.8 Å². The van der Waals surface area contributed by atoms with E-state index in [2.05, 4.69) is 10.2 Å². The monoisotopic (exact) mass is 544 g/mol. The second-order valence-electron chi connectivity index (χ2n) is 10.6. The summed E-state index contributed by atoms with van der Waals surface area (Å²) in [6.07, 6.45) is -0.929. The second-order valence-corrected chi connectivity index (χ2v) is 10.6. The summed E-state index contributed by atoms with van der Waals surface area (Å²) in [6.45, 7) is 4.93. The Kier molecular flexibility index (Phi) is 5.58. The standard InChI is InChI=1S/C29H22F2N4O5/c1-29(2,3)40-28(39)34-20-13-16(31)12-19-21(20)22(32-33-25(19)36)24(23(34)14-8-10-15(30)11-9-14)35-26(37)17-6-4-5-7-18(17)27(35)38/h4-13,23-24H,1-3H3,(H,33,36). The van der Waals surface area contributed by atoms with Gasteiger partial charge in [0.05, 0.1) is 33.9 Å². The summed E-state index contributed by atoms with van der Waals surface area (Å²) in [5, 5.41) is 6.51. The maximum Gasteiger partial charge on any atom is 0.415 e. The molecule has 0 bridgehead atoms. The Balaban J connectivity index is 1.70. The van der Waals surface area contributed by atoms with Crippen molar-refractivity contribution in [2.45, 2.75) is 38.5 Å². The van der Waals surface area contributed by atoms with Gasteiger partial charge in [-0.05, 0) is 62.7 Å². The van der Waals surface area contributed by atoms with Crippen molar-refractivity contribution in [3.63, 3.8) is 0 Å². The third kappa shape index (κ3) is 3.84. The van der Waals surface area contributed by atoms with Gasteiger partial charge in [-0.3, -0.25) is 24.2 Å². The molecule has 3 heterocycles. The molecule has 0 saturated carbocycles. The van der Waals surface area contributed by atoms with Crippen molar-refractivity contribution in [3.05, 3.63) is 105 Å². The number of imide groups is 1. The molecule has 6 rings (SSSR count). The number of benzene rings is 3. The summed E-state index contributed by atoms with van der Waals surface area (Å²) in [7, 11) is 0. The average molecular weight is 545 g/mol. The van der Waals surface area contributed by atoms with E-state index in [9.17, 15) is 28.0 Å².